The van der Waals surface area contributed by atoms with Gasteiger partial charge < -0.3 is 4.90 Å². The fourth-order valence-electron chi connectivity index (χ4n) is 2.93. The van der Waals surface area contributed by atoms with Crippen LogP contribution in [0.15, 0.2) is 73.2 Å². The molecule has 6 nitrogen and oxygen atoms in total. The van der Waals surface area contributed by atoms with Crippen LogP contribution in [0.25, 0.3) is 17.4 Å². The van der Waals surface area contributed by atoms with E-state index in [1.807, 2.05) is 65.3 Å². The second-order valence-corrected chi connectivity index (χ2v) is 6.73. The number of carbonyl (C=O) groups excluding carboxylic acids is 1. The number of carbonyl (C=O) groups is 1. The van der Waals surface area contributed by atoms with E-state index < -0.39 is 0 Å². The SMILES string of the molecule is CN(Cc1cnn(-c2ccccc2)c1)C(=O)/C=C/c1c(Cl)nc2ccccn12. The number of hydrogen-bond donors (Lipinski definition) is 0. The number of benzene rings is 1. The maximum absolute atomic E-state index is 12.5. The summed E-state index contributed by atoms with van der Waals surface area (Å²) in [6.07, 6.45) is 8.74. The maximum Gasteiger partial charge on any atom is 0.246 e. The molecule has 0 bridgehead atoms. The summed E-state index contributed by atoms with van der Waals surface area (Å²) in [5, 5.41) is 4.73. The van der Waals surface area contributed by atoms with Gasteiger partial charge in [0, 0.05) is 37.6 Å². The molecule has 1 amide bonds. The molecule has 0 aliphatic rings. The number of para-hydroxylation sites is 1. The van der Waals surface area contributed by atoms with Gasteiger partial charge in [0.25, 0.3) is 0 Å². The van der Waals surface area contributed by atoms with Gasteiger partial charge in [0.2, 0.25) is 5.91 Å². The number of hydrogen-bond acceptors (Lipinski definition) is 3. The van der Waals surface area contributed by atoms with E-state index in [0.717, 1.165) is 16.9 Å². The first kappa shape index (κ1) is 18.0. The standard InChI is InChI=1S/C21H18ClN5O/c1-25(14-16-13-23-27(15-16)17-7-3-2-4-8-17)20(28)11-10-18-21(22)24-19-9-5-6-12-26(18)19/h2-13,15H,14H2,1H3/b11-10+. The van der Waals surface area contributed by atoms with Crippen LogP contribution in [0, 0.1) is 0 Å². The van der Waals surface area contributed by atoms with Gasteiger partial charge in [-0.1, -0.05) is 35.9 Å². The number of fused-ring (bicyclic) bond motifs is 1. The Kier molecular flexibility index (Phi) is 4.95. The minimum Gasteiger partial charge on any atom is -0.338 e. The van der Waals surface area contributed by atoms with Gasteiger partial charge in [-0.25, -0.2) is 9.67 Å². The third-order valence-corrected chi connectivity index (χ3v) is 4.64. The van der Waals surface area contributed by atoms with Crippen LogP contribution in [0.2, 0.25) is 5.15 Å². The Hall–Kier alpha value is -3.38. The van der Waals surface area contributed by atoms with Crippen molar-refractivity contribution < 1.29 is 4.79 Å². The van der Waals surface area contributed by atoms with Crippen molar-refractivity contribution in [2.75, 3.05) is 7.05 Å². The van der Waals surface area contributed by atoms with Crippen LogP contribution < -0.4 is 0 Å². The lowest BCUT2D eigenvalue weighted by Crippen LogP contribution is -2.23. The van der Waals surface area contributed by atoms with Crippen molar-refractivity contribution in [2.45, 2.75) is 6.54 Å². The molecule has 4 rings (SSSR count). The first-order chi connectivity index (χ1) is 13.6. The number of aromatic nitrogens is 4. The fraction of sp³-hybridized carbons (Fsp3) is 0.0952. The molecule has 4 aromatic rings. The van der Waals surface area contributed by atoms with Gasteiger partial charge in [0.1, 0.15) is 5.65 Å². The summed E-state index contributed by atoms with van der Waals surface area (Å²) in [6.45, 7) is 0.455. The van der Waals surface area contributed by atoms with Crippen LogP contribution in [-0.2, 0) is 11.3 Å². The van der Waals surface area contributed by atoms with E-state index in [9.17, 15) is 4.79 Å². The normalized spacial score (nSPS) is 11.4. The highest BCUT2D eigenvalue weighted by molar-refractivity contribution is 6.31. The van der Waals surface area contributed by atoms with E-state index in [4.69, 9.17) is 11.6 Å². The molecule has 3 aromatic heterocycles. The number of amides is 1. The molecular weight excluding hydrogens is 374 g/mol. The second-order valence-electron chi connectivity index (χ2n) is 6.37. The van der Waals surface area contributed by atoms with E-state index in [-0.39, 0.29) is 5.91 Å². The van der Waals surface area contributed by atoms with E-state index in [1.165, 1.54) is 6.08 Å². The molecule has 0 saturated carbocycles. The molecule has 0 spiro atoms. The van der Waals surface area contributed by atoms with Crippen molar-refractivity contribution in [1.29, 1.82) is 0 Å². The first-order valence-electron chi connectivity index (χ1n) is 8.76. The molecule has 0 aliphatic heterocycles. The van der Waals surface area contributed by atoms with Crippen LogP contribution >= 0.6 is 11.6 Å². The molecule has 0 saturated heterocycles. The second kappa shape index (κ2) is 7.70. The molecule has 0 aliphatic carbocycles. The van der Waals surface area contributed by atoms with Crippen molar-refractivity contribution in [3.05, 3.63) is 89.6 Å². The van der Waals surface area contributed by atoms with Crippen molar-refractivity contribution in [1.82, 2.24) is 24.1 Å². The van der Waals surface area contributed by atoms with Crippen LogP contribution in [0.5, 0.6) is 0 Å². The molecule has 1 aromatic carbocycles. The molecule has 0 N–H and O–H groups in total. The molecule has 0 radical (unpaired) electrons. The predicted octanol–water partition coefficient (Wildman–Crippen LogP) is 3.85. The number of rotatable bonds is 5. The summed E-state index contributed by atoms with van der Waals surface area (Å²) in [5.41, 5.74) is 3.34. The lowest BCUT2D eigenvalue weighted by Gasteiger charge is -2.13. The first-order valence-corrected chi connectivity index (χ1v) is 9.14. The number of nitrogens with zero attached hydrogens (tertiary/aromatic N) is 5. The third kappa shape index (κ3) is 3.68. The molecule has 28 heavy (non-hydrogen) atoms. The maximum atomic E-state index is 12.5. The summed E-state index contributed by atoms with van der Waals surface area (Å²) in [6, 6.07) is 15.5. The van der Waals surface area contributed by atoms with Crippen molar-refractivity contribution in [2.24, 2.45) is 0 Å². The summed E-state index contributed by atoms with van der Waals surface area (Å²) in [5.74, 6) is -0.130. The Bertz CT molecular complexity index is 1150. The van der Waals surface area contributed by atoms with Crippen LogP contribution in [0.4, 0.5) is 0 Å². The summed E-state index contributed by atoms with van der Waals surface area (Å²) < 4.78 is 3.64. The average molecular weight is 392 g/mol. The minimum absolute atomic E-state index is 0.130. The molecular formula is C21H18ClN5O. The Labute approximate surface area is 167 Å². The Morgan fingerprint density at radius 3 is 2.79 bits per heavy atom. The Morgan fingerprint density at radius 2 is 1.96 bits per heavy atom. The van der Waals surface area contributed by atoms with Gasteiger partial charge in [0.05, 0.1) is 17.6 Å². The quantitative estimate of drug-likeness (QED) is 0.485. The molecule has 0 atom stereocenters. The largest absolute Gasteiger partial charge is 0.338 e. The number of halogens is 1. The number of imidazole rings is 1. The minimum atomic E-state index is -0.130. The summed E-state index contributed by atoms with van der Waals surface area (Å²) >= 11 is 6.20. The van der Waals surface area contributed by atoms with Crippen LogP contribution in [-0.4, -0.2) is 37.0 Å². The molecule has 140 valence electrons. The Balaban J connectivity index is 1.46. The van der Waals surface area contributed by atoms with Crippen molar-refractivity contribution >= 4 is 29.2 Å². The van der Waals surface area contributed by atoms with Gasteiger partial charge in [-0.15, -0.1) is 0 Å². The third-order valence-electron chi connectivity index (χ3n) is 4.36. The average Bonchev–Trinajstić information content (AvgIpc) is 3.30. The Morgan fingerprint density at radius 1 is 1.18 bits per heavy atom. The van der Waals surface area contributed by atoms with Crippen molar-refractivity contribution in [3.8, 4) is 5.69 Å². The highest BCUT2D eigenvalue weighted by Gasteiger charge is 2.11. The van der Waals surface area contributed by atoms with E-state index >= 15 is 0 Å². The van der Waals surface area contributed by atoms with Gasteiger partial charge in [-0.3, -0.25) is 9.20 Å². The molecule has 3 heterocycles. The number of pyridine rings is 1. The topological polar surface area (TPSA) is 55.4 Å². The predicted molar refractivity (Wildman–Crippen MR) is 109 cm³/mol. The highest BCUT2D eigenvalue weighted by atomic mass is 35.5. The van der Waals surface area contributed by atoms with E-state index in [1.54, 1.807) is 28.9 Å². The summed E-state index contributed by atoms with van der Waals surface area (Å²) in [4.78, 5) is 18.4. The van der Waals surface area contributed by atoms with Crippen molar-refractivity contribution in [3.63, 3.8) is 0 Å². The lowest BCUT2D eigenvalue weighted by molar-refractivity contribution is -0.125. The molecule has 0 fully saturated rings. The highest BCUT2D eigenvalue weighted by Crippen LogP contribution is 2.19. The molecule has 7 heteroatoms. The van der Waals surface area contributed by atoms with E-state index in [2.05, 4.69) is 10.1 Å². The zero-order chi connectivity index (χ0) is 19.5. The summed E-state index contributed by atoms with van der Waals surface area (Å²) in [7, 11) is 1.75. The van der Waals surface area contributed by atoms with Crippen LogP contribution in [0.3, 0.4) is 0 Å². The van der Waals surface area contributed by atoms with Gasteiger partial charge in [0.15, 0.2) is 5.15 Å². The monoisotopic (exact) mass is 391 g/mol. The van der Waals surface area contributed by atoms with Gasteiger partial charge >= 0.3 is 0 Å². The lowest BCUT2D eigenvalue weighted by atomic mass is 10.3. The van der Waals surface area contributed by atoms with Gasteiger partial charge in [-0.05, 0) is 30.3 Å². The van der Waals surface area contributed by atoms with Crippen LogP contribution in [0.1, 0.15) is 11.3 Å². The zero-order valence-electron chi connectivity index (χ0n) is 15.2. The molecule has 0 unspecified atom stereocenters. The number of likely N-dealkylation sites (N-methyl/N-ethyl adjacent to an activating group) is 1. The zero-order valence-corrected chi connectivity index (χ0v) is 16.0. The van der Waals surface area contributed by atoms with Gasteiger partial charge in [-0.2, -0.15) is 5.10 Å². The van der Waals surface area contributed by atoms with E-state index in [0.29, 0.717) is 17.4 Å². The fourth-order valence-corrected chi connectivity index (χ4v) is 3.17. The smallest absolute Gasteiger partial charge is 0.246 e.